The Morgan fingerprint density at radius 3 is 2.44 bits per heavy atom. The molecule has 1 N–H and O–H groups in total. The van der Waals surface area contributed by atoms with Gasteiger partial charge < -0.3 is 4.98 Å². The van der Waals surface area contributed by atoms with E-state index in [1.54, 1.807) is 0 Å². The maximum atomic E-state index is 4.07. The molecule has 0 saturated heterocycles. The highest BCUT2D eigenvalue weighted by atomic mass is 14.7. The summed E-state index contributed by atoms with van der Waals surface area (Å²) >= 11 is 0. The van der Waals surface area contributed by atoms with Crippen LogP contribution >= 0.6 is 0 Å². The maximum Gasteiger partial charge on any atom is 0.0465 e. The molecule has 1 nitrogen and oxygen atoms in total. The second-order valence-electron chi connectivity index (χ2n) is 7.59. The van der Waals surface area contributed by atoms with Crippen molar-refractivity contribution >= 4 is 22.6 Å². The van der Waals surface area contributed by atoms with E-state index < -0.39 is 0 Å². The van der Waals surface area contributed by atoms with Crippen molar-refractivity contribution in [2.24, 2.45) is 0 Å². The fourth-order valence-electron chi connectivity index (χ4n) is 3.75. The van der Waals surface area contributed by atoms with E-state index in [1.165, 1.54) is 44.4 Å². The number of rotatable bonds is 4. The first-order valence-electron chi connectivity index (χ1n) is 8.78. The number of fused-ring (bicyclic) bond motifs is 1. The Morgan fingerprint density at radius 1 is 1.08 bits per heavy atom. The predicted molar refractivity (Wildman–Crippen MR) is 111 cm³/mol. The van der Waals surface area contributed by atoms with E-state index in [2.05, 4.69) is 82.2 Å². The quantitative estimate of drug-likeness (QED) is 0.542. The van der Waals surface area contributed by atoms with Gasteiger partial charge in [0.1, 0.15) is 0 Å². The molecule has 0 aliphatic rings. The number of allylic oxidation sites excluding steroid dienone is 1. The van der Waals surface area contributed by atoms with Crippen molar-refractivity contribution in [1.82, 2.24) is 4.98 Å². The first kappa shape index (κ1) is 17.3. The molecule has 2 aromatic carbocycles. The molecule has 0 spiro atoms. The van der Waals surface area contributed by atoms with Crippen LogP contribution in [-0.4, -0.2) is 4.98 Å². The van der Waals surface area contributed by atoms with Gasteiger partial charge in [0.2, 0.25) is 0 Å². The van der Waals surface area contributed by atoms with Gasteiger partial charge in [0, 0.05) is 22.0 Å². The lowest BCUT2D eigenvalue weighted by Gasteiger charge is -2.28. The highest BCUT2D eigenvalue weighted by Crippen LogP contribution is 2.38. The lowest BCUT2D eigenvalue weighted by atomic mass is 9.77. The molecule has 0 unspecified atom stereocenters. The number of hydrogen-bond donors (Lipinski definition) is 1. The SMILES string of the molecule is C=Cc1ccc(C)cc1C(C)(C)c1[nH]c2cc(C(=C)C)ccc2c1C. The Morgan fingerprint density at radius 2 is 1.80 bits per heavy atom. The molecule has 0 bridgehead atoms. The van der Waals surface area contributed by atoms with Gasteiger partial charge in [-0.3, -0.25) is 0 Å². The van der Waals surface area contributed by atoms with Gasteiger partial charge >= 0.3 is 0 Å². The second-order valence-corrected chi connectivity index (χ2v) is 7.59. The molecule has 0 amide bonds. The number of aromatic amines is 1. The van der Waals surface area contributed by atoms with Gasteiger partial charge in [0.05, 0.1) is 0 Å². The number of benzene rings is 2. The van der Waals surface area contributed by atoms with Gasteiger partial charge in [-0.2, -0.15) is 0 Å². The molecule has 0 fully saturated rings. The van der Waals surface area contributed by atoms with Crippen molar-refractivity contribution < 1.29 is 0 Å². The Kier molecular flexibility index (Phi) is 4.20. The summed E-state index contributed by atoms with van der Waals surface area (Å²) in [4.78, 5) is 3.69. The van der Waals surface area contributed by atoms with Crippen LogP contribution in [0.25, 0.3) is 22.6 Å². The average molecular weight is 329 g/mol. The average Bonchev–Trinajstić information content (AvgIpc) is 2.92. The molecule has 128 valence electrons. The summed E-state index contributed by atoms with van der Waals surface area (Å²) in [5.41, 5.74) is 9.64. The topological polar surface area (TPSA) is 15.8 Å². The molecule has 0 atom stereocenters. The number of H-pyrrole nitrogens is 1. The van der Waals surface area contributed by atoms with Crippen molar-refractivity contribution in [2.45, 2.75) is 40.0 Å². The number of aryl methyl sites for hydroxylation is 2. The third kappa shape index (κ3) is 2.84. The molecule has 1 aromatic heterocycles. The summed E-state index contributed by atoms with van der Waals surface area (Å²) in [6, 6.07) is 13.2. The van der Waals surface area contributed by atoms with Crippen LogP contribution in [0.2, 0.25) is 0 Å². The third-order valence-electron chi connectivity index (χ3n) is 5.28. The molecular weight excluding hydrogens is 302 g/mol. The monoisotopic (exact) mass is 329 g/mol. The van der Waals surface area contributed by atoms with Crippen LogP contribution in [0.3, 0.4) is 0 Å². The minimum absolute atomic E-state index is 0.137. The van der Waals surface area contributed by atoms with Gasteiger partial charge in [0.25, 0.3) is 0 Å². The Labute approximate surface area is 151 Å². The van der Waals surface area contributed by atoms with E-state index in [4.69, 9.17) is 0 Å². The largest absolute Gasteiger partial charge is 0.357 e. The zero-order valence-corrected chi connectivity index (χ0v) is 16.0. The van der Waals surface area contributed by atoms with Crippen molar-refractivity contribution in [3.63, 3.8) is 0 Å². The van der Waals surface area contributed by atoms with Crippen LogP contribution < -0.4 is 0 Å². The summed E-state index contributed by atoms with van der Waals surface area (Å²) in [5, 5.41) is 1.28. The second kappa shape index (κ2) is 6.07. The molecule has 0 aliphatic carbocycles. The van der Waals surface area contributed by atoms with E-state index in [1.807, 2.05) is 13.0 Å². The third-order valence-corrected chi connectivity index (χ3v) is 5.28. The Bertz CT molecular complexity index is 983. The molecule has 0 aliphatic heterocycles. The molecule has 25 heavy (non-hydrogen) atoms. The lowest BCUT2D eigenvalue weighted by Crippen LogP contribution is -2.22. The van der Waals surface area contributed by atoms with Crippen LogP contribution in [0, 0.1) is 13.8 Å². The Balaban J connectivity index is 2.24. The number of hydrogen-bond acceptors (Lipinski definition) is 0. The smallest absolute Gasteiger partial charge is 0.0465 e. The summed E-state index contributed by atoms with van der Waals surface area (Å²) in [6.07, 6.45) is 1.95. The van der Waals surface area contributed by atoms with E-state index >= 15 is 0 Å². The maximum absolute atomic E-state index is 4.07. The standard InChI is InChI=1S/C24H27N/c1-8-18-10-9-16(4)13-21(18)24(6,7)23-17(5)20-12-11-19(15(2)3)14-22(20)25-23/h8-14,25H,1-2H2,3-7H3. The van der Waals surface area contributed by atoms with E-state index in [9.17, 15) is 0 Å². The van der Waals surface area contributed by atoms with E-state index in [-0.39, 0.29) is 5.41 Å². The highest BCUT2D eigenvalue weighted by Gasteiger charge is 2.29. The lowest BCUT2D eigenvalue weighted by molar-refractivity contribution is 0.617. The number of aromatic nitrogens is 1. The van der Waals surface area contributed by atoms with Gasteiger partial charge in [0.15, 0.2) is 0 Å². The highest BCUT2D eigenvalue weighted by molar-refractivity contribution is 5.88. The van der Waals surface area contributed by atoms with Crippen LogP contribution in [0.15, 0.2) is 49.6 Å². The summed E-state index contributed by atoms with van der Waals surface area (Å²) < 4.78 is 0. The van der Waals surface area contributed by atoms with E-state index in [0.29, 0.717) is 0 Å². The zero-order chi connectivity index (χ0) is 18.4. The van der Waals surface area contributed by atoms with Crippen LogP contribution in [-0.2, 0) is 5.41 Å². The van der Waals surface area contributed by atoms with Crippen molar-refractivity contribution in [3.05, 3.63) is 83.1 Å². The molecule has 1 heteroatoms. The Hall–Kier alpha value is -2.54. The van der Waals surface area contributed by atoms with Gasteiger partial charge in [-0.15, -0.1) is 0 Å². The van der Waals surface area contributed by atoms with Crippen LogP contribution in [0.5, 0.6) is 0 Å². The van der Waals surface area contributed by atoms with E-state index in [0.717, 1.165) is 5.57 Å². The predicted octanol–water partition coefficient (Wildman–Crippen LogP) is 6.79. The van der Waals surface area contributed by atoms with Crippen molar-refractivity contribution in [2.75, 3.05) is 0 Å². The zero-order valence-electron chi connectivity index (χ0n) is 16.0. The molecule has 3 aromatic rings. The van der Waals surface area contributed by atoms with Crippen molar-refractivity contribution in [1.29, 1.82) is 0 Å². The first-order chi connectivity index (χ1) is 11.8. The van der Waals surface area contributed by atoms with Crippen LogP contribution in [0.1, 0.15) is 54.3 Å². The molecular formula is C24H27N. The normalized spacial score (nSPS) is 11.7. The van der Waals surface area contributed by atoms with Gasteiger partial charge in [-0.05, 0) is 49.1 Å². The van der Waals surface area contributed by atoms with Crippen LogP contribution in [0.4, 0.5) is 0 Å². The number of nitrogens with one attached hydrogen (secondary N) is 1. The first-order valence-corrected chi connectivity index (χ1v) is 8.78. The molecule has 1 heterocycles. The summed E-state index contributed by atoms with van der Waals surface area (Å²) in [6.45, 7) is 19.0. The summed E-state index contributed by atoms with van der Waals surface area (Å²) in [5.74, 6) is 0. The van der Waals surface area contributed by atoms with Gasteiger partial charge in [-0.25, -0.2) is 0 Å². The minimum atomic E-state index is -0.137. The fraction of sp³-hybridized carbons (Fsp3) is 0.250. The van der Waals surface area contributed by atoms with Crippen molar-refractivity contribution in [3.8, 4) is 0 Å². The minimum Gasteiger partial charge on any atom is -0.357 e. The fourth-order valence-corrected chi connectivity index (χ4v) is 3.75. The molecule has 3 rings (SSSR count). The molecule has 0 radical (unpaired) electrons. The summed E-state index contributed by atoms with van der Waals surface area (Å²) in [7, 11) is 0. The molecule has 0 saturated carbocycles. The van der Waals surface area contributed by atoms with Gasteiger partial charge in [-0.1, -0.05) is 74.5 Å².